The van der Waals surface area contributed by atoms with Gasteiger partial charge < -0.3 is 10.6 Å². The molecule has 0 saturated heterocycles. The first-order valence-corrected chi connectivity index (χ1v) is 8.26. The monoisotopic (exact) mass is 337 g/mol. The number of thiazole rings is 1. The Morgan fingerprint density at radius 2 is 2.19 bits per heavy atom. The van der Waals surface area contributed by atoms with Crippen molar-refractivity contribution in [2.45, 2.75) is 6.54 Å². The van der Waals surface area contributed by atoms with E-state index in [9.17, 15) is 4.79 Å². The zero-order chi connectivity index (χ0) is 14.8. The number of carbonyl (C=O) groups excluding carboxylic acids is 1. The number of aromatic nitrogens is 1. The third kappa shape index (κ3) is 3.18. The Hall–Kier alpha value is -1.63. The molecule has 0 unspecified atom stereocenters. The summed E-state index contributed by atoms with van der Waals surface area (Å²) >= 11 is 8.76. The van der Waals surface area contributed by atoms with Gasteiger partial charge in [-0.15, -0.1) is 22.7 Å². The van der Waals surface area contributed by atoms with Gasteiger partial charge in [0.2, 0.25) is 0 Å². The molecule has 0 aliphatic heterocycles. The summed E-state index contributed by atoms with van der Waals surface area (Å²) < 4.78 is 1.65. The van der Waals surface area contributed by atoms with Crippen LogP contribution in [0.2, 0.25) is 4.47 Å². The number of benzene rings is 1. The average Bonchev–Trinajstić information content (AvgIpc) is 3.09. The second kappa shape index (κ2) is 6.01. The molecule has 21 heavy (non-hydrogen) atoms. The van der Waals surface area contributed by atoms with E-state index < -0.39 is 0 Å². The van der Waals surface area contributed by atoms with Crippen LogP contribution in [0.4, 0.5) is 5.69 Å². The van der Waals surface area contributed by atoms with Crippen LogP contribution in [0.25, 0.3) is 10.1 Å². The molecule has 2 aromatic heterocycles. The average molecular weight is 338 g/mol. The molecular weight excluding hydrogens is 326 g/mol. The number of carbonyl (C=O) groups is 1. The van der Waals surface area contributed by atoms with Gasteiger partial charge in [0.05, 0.1) is 11.4 Å². The highest BCUT2D eigenvalue weighted by Crippen LogP contribution is 2.28. The van der Waals surface area contributed by atoms with Gasteiger partial charge in [0.15, 0.2) is 4.47 Å². The number of fused-ring (bicyclic) bond motifs is 1. The van der Waals surface area contributed by atoms with Crippen LogP contribution in [0, 0.1) is 0 Å². The van der Waals surface area contributed by atoms with Crippen molar-refractivity contribution in [3.05, 3.63) is 44.7 Å². The Morgan fingerprint density at radius 3 is 2.90 bits per heavy atom. The van der Waals surface area contributed by atoms with Crippen molar-refractivity contribution in [3.8, 4) is 0 Å². The lowest BCUT2D eigenvalue weighted by Crippen LogP contribution is -2.15. The summed E-state index contributed by atoms with van der Waals surface area (Å²) in [4.78, 5) is 17.5. The topological polar surface area (TPSA) is 54.0 Å². The van der Waals surface area contributed by atoms with Gasteiger partial charge in [0.25, 0.3) is 5.91 Å². The van der Waals surface area contributed by atoms with Crippen molar-refractivity contribution in [3.63, 3.8) is 0 Å². The van der Waals surface area contributed by atoms with Gasteiger partial charge in [0.1, 0.15) is 0 Å². The molecular formula is C14H12ClN3OS2. The minimum atomic E-state index is -0.0509. The molecule has 0 bridgehead atoms. The summed E-state index contributed by atoms with van der Waals surface area (Å²) in [6, 6.07) is 7.98. The summed E-state index contributed by atoms with van der Waals surface area (Å²) in [5.74, 6) is -0.0509. The third-order valence-corrected chi connectivity index (χ3v) is 5.19. The number of thiophene rings is 1. The quantitative estimate of drug-likeness (QED) is 0.757. The fourth-order valence-corrected chi connectivity index (χ4v) is 3.85. The first-order valence-electron chi connectivity index (χ1n) is 6.25. The Kier molecular flexibility index (Phi) is 4.10. The lowest BCUT2D eigenvalue weighted by atomic mass is 10.2. The molecule has 1 amide bonds. The standard InChI is InChI=1S/C14H12ClN3OS2/c1-16-13(19)12-5-8-4-9(2-3-11(8)21-12)17-6-10-7-18-14(15)20-10/h2-5,7,17H,6H2,1H3,(H,16,19). The van der Waals surface area contributed by atoms with Crippen LogP contribution in [0.1, 0.15) is 14.5 Å². The molecule has 2 heterocycles. The van der Waals surface area contributed by atoms with E-state index in [4.69, 9.17) is 11.6 Å². The Labute approximate surface area is 134 Å². The van der Waals surface area contributed by atoms with E-state index >= 15 is 0 Å². The number of nitrogens with zero attached hydrogens (tertiary/aromatic N) is 1. The summed E-state index contributed by atoms with van der Waals surface area (Å²) in [5, 5.41) is 7.04. The largest absolute Gasteiger partial charge is 0.380 e. The molecule has 0 radical (unpaired) electrons. The Balaban J connectivity index is 1.78. The first kappa shape index (κ1) is 14.3. The van der Waals surface area contributed by atoms with E-state index in [1.54, 1.807) is 13.2 Å². The number of hydrogen-bond acceptors (Lipinski definition) is 5. The van der Waals surface area contributed by atoms with Gasteiger partial charge in [-0.05, 0) is 29.7 Å². The fraction of sp³-hybridized carbons (Fsp3) is 0.143. The molecule has 3 aromatic rings. The highest BCUT2D eigenvalue weighted by Gasteiger charge is 2.09. The first-order chi connectivity index (χ1) is 10.2. The molecule has 7 heteroatoms. The van der Waals surface area contributed by atoms with Crippen molar-refractivity contribution in [1.82, 2.24) is 10.3 Å². The maximum atomic E-state index is 11.6. The number of amides is 1. The second-order valence-electron chi connectivity index (χ2n) is 4.38. The molecule has 0 spiro atoms. The van der Waals surface area contributed by atoms with Crippen molar-refractivity contribution >= 4 is 56.0 Å². The highest BCUT2D eigenvalue weighted by molar-refractivity contribution is 7.20. The van der Waals surface area contributed by atoms with Gasteiger partial charge in [-0.3, -0.25) is 4.79 Å². The minimum Gasteiger partial charge on any atom is -0.380 e. The second-order valence-corrected chi connectivity index (χ2v) is 7.16. The number of rotatable bonds is 4. The van der Waals surface area contributed by atoms with Crippen molar-refractivity contribution in [1.29, 1.82) is 0 Å². The summed E-state index contributed by atoms with van der Waals surface area (Å²) in [5.41, 5.74) is 1.01. The van der Waals surface area contributed by atoms with E-state index in [0.717, 1.165) is 25.5 Å². The molecule has 0 fully saturated rings. The van der Waals surface area contributed by atoms with Gasteiger partial charge in [-0.2, -0.15) is 0 Å². The lowest BCUT2D eigenvalue weighted by molar-refractivity contribution is 0.0967. The molecule has 0 aliphatic carbocycles. The molecule has 0 atom stereocenters. The summed E-state index contributed by atoms with van der Waals surface area (Å²) in [6.07, 6.45) is 1.77. The van der Waals surface area contributed by atoms with E-state index in [2.05, 4.69) is 15.6 Å². The Morgan fingerprint density at radius 1 is 1.33 bits per heavy atom. The maximum absolute atomic E-state index is 11.6. The summed E-state index contributed by atoms with van der Waals surface area (Å²) in [6.45, 7) is 0.683. The number of halogens is 1. The van der Waals surface area contributed by atoms with E-state index in [1.807, 2.05) is 24.3 Å². The van der Waals surface area contributed by atoms with Crippen molar-refractivity contribution < 1.29 is 4.79 Å². The lowest BCUT2D eigenvalue weighted by Gasteiger charge is -2.04. The SMILES string of the molecule is CNC(=O)c1cc2cc(NCc3cnc(Cl)s3)ccc2s1. The zero-order valence-corrected chi connectivity index (χ0v) is 13.5. The molecule has 1 aromatic carbocycles. The maximum Gasteiger partial charge on any atom is 0.261 e. The predicted molar refractivity (Wildman–Crippen MR) is 89.7 cm³/mol. The fourth-order valence-electron chi connectivity index (χ4n) is 1.94. The van der Waals surface area contributed by atoms with Crippen LogP contribution >= 0.6 is 34.3 Å². The smallest absolute Gasteiger partial charge is 0.261 e. The van der Waals surface area contributed by atoms with E-state index in [-0.39, 0.29) is 5.91 Å². The summed E-state index contributed by atoms with van der Waals surface area (Å²) in [7, 11) is 1.64. The van der Waals surface area contributed by atoms with Crippen LogP contribution in [0.3, 0.4) is 0 Å². The molecule has 3 rings (SSSR count). The third-order valence-electron chi connectivity index (χ3n) is 2.96. The Bertz CT molecular complexity index is 796. The van der Waals surface area contributed by atoms with Crippen molar-refractivity contribution in [2.75, 3.05) is 12.4 Å². The molecule has 2 N–H and O–H groups in total. The van der Waals surface area contributed by atoms with E-state index in [0.29, 0.717) is 11.0 Å². The van der Waals surface area contributed by atoms with Crippen LogP contribution in [-0.4, -0.2) is 17.9 Å². The van der Waals surface area contributed by atoms with Gasteiger partial charge in [-0.1, -0.05) is 11.6 Å². The highest BCUT2D eigenvalue weighted by atomic mass is 35.5. The molecule has 108 valence electrons. The van der Waals surface area contributed by atoms with Crippen LogP contribution in [0.15, 0.2) is 30.5 Å². The number of anilines is 1. The van der Waals surface area contributed by atoms with Crippen LogP contribution in [-0.2, 0) is 6.54 Å². The van der Waals surface area contributed by atoms with Gasteiger partial charge in [0, 0.05) is 28.5 Å². The molecule has 4 nitrogen and oxygen atoms in total. The molecule has 0 saturated carbocycles. The molecule has 0 aliphatic rings. The van der Waals surface area contributed by atoms with Crippen molar-refractivity contribution in [2.24, 2.45) is 0 Å². The van der Waals surface area contributed by atoms with Crippen LogP contribution < -0.4 is 10.6 Å². The minimum absolute atomic E-state index is 0.0509. The predicted octanol–water partition coefficient (Wildman–Crippen LogP) is 3.98. The number of hydrogen-bond donors (Lipinski definition) is 2. The van der Waals surface area contributed by atoms with E-state index in [1.165, 1.54) is 22.7 Å². The number of nitrogens with one attached hydrogen (secondary N) is 2. The van der Waals surface area contributed by atoms with Gasteiger partial charge in [-0.25, -0.2) is 4.98 Å². The van der Waals surface area contributed by atoms with Crippen LogP contribution in [0.5, 0.6) is 0 Å². The zero-order valence-electron chi connectivity index (χ0n) is 11.1. The van der Waals surface area contributed by atoms with Gasteiger partial charge >= 0.3 is 0 Å². The normalized spacial score (nSPS) is 10.8.